The van der Waals surface area contributed by atoms with Crippen molar-refractivity contribution in [3.05, 3.63) is 144 Å². The summed E-state index contributed by atoms with van der Waals surface area (Å²) in [4.78, 5) is 4.90. The molecule has 2 atom stereocenters. The number of likely N-dealkylation sites (N-methyl/N-ethyl adjacent to an activating group) is 1. The molecule has 2 heterocycles. The maximum atomic E-state index is 12.4. The summed E-state index contributed by atoms with van der Waals surface area (Å²) in [5, 5.41) is 29.4. The quantitative estimate of drug-likeness (QED) is 0.150. The Labute approximate surface area is 351 Å². The van der Waals surface area contributed by atoms with Crippen molar-refractivity contribution in [3.8, 4) is 22.9 Å². The molecule has 2 aromatic heterocycles. The topological polar surface area (TPSA) is 56.8 Å². The van der Waals surface area contributed by atoms with Gasteiger partial charge >= 0.3 is 35.6 Å². The van der Waals surface area contributed by atoms with Gasteiger partial charge in [-0.2, -0.15) is 0 Å². The Morgan fingerprint density at radius 1 is 0.561 bits per heavy atom. The monoisotopic (exact) mass is 830 g/mol. The first-order chi connectivity index (χ1) is 27.7. The van der Waals surface area contributed by atoms with Gasteiger partial charge in [0.25, 0.3) is 0 Å². The Morgan fingerprint density at radius 2 is 0.895 bits per heavy atom. The zero-order chi connectivity index (χ0) is 39.8. The van der Waals surface area contributed by atoms with Gasteiger partial charge in [0.15, 0.2) is 0 Å². The summed E-state index contributed by atoms with van der Waals surface area (Å²) in [6.07, 6.45) is 4.53. The van der Waals surface area contributed by atoms with Crippen molar-refractivity contribution in [1.82, 2.24) is 18.9 Å². The van der Waals surface area contributed by atoms with E-state index in [4.69, 9.17) is 18.6 Å². The van der Waals surface area contributed by atoms with Crippen molar-refractivity contribution >= 4 is 62.2 Å². The number of rotatable bonds is 8. The average Bonchev–Trinajstić information content (AvgIpc) is 3.73. The zero-order valence-electron chi connectivity index (χ0n) is 32.9. The van der Waals surface area contributed by atoms with E-state index in [-0.39, 0.29) is 6.04 Å². The van der Waals surface area contributed by atoms with Crippen LogP contribution in [0.1, 0.15) is 47.9 Å². The molecule has 0 radical (unpaired) electrons. The van der Waals surface area contributed by atoms with Crippen molar-refractivity contribution in [2.24, 2.45) is 0 Å². The molecule has 1 saturated carbocycles. The van der Waals surface area contributed by atoms with Crippen LogP contribution in [0.4, 0.5) is 0 Å². The van der Waals surface area contributed by atoms with Crippen molar-refractivity contribution in [1.29, 1.82) is 0 Å². The minimum atomic E-state index is -0.556. The van der Waals surface area contributed by atoms with Gasteiger partial charge in [-0.3, -0.25) is 4.90 Å². The second-order valence-electron chi connectivity index (χ2n) is 15.7. The molecule has 1 fully saturated rings. The first-order valence-electron chi connectivity index (χ1n) is 19.7. The van der Waals surface area contributed by atoms with Gasteiger partial charge < -0.3 is 24.2 Å². The average molecular weight is 832 g/mol. The van der Waals surface area contributed by atoms with Crippen molar-refractivity contribution in [2.45, 2.75) is 64.7 Å². The van der Waals surface area contributed by atoms with E-state index in [0.717, 1.165) is 75.0 Å². The third-order valence-electron chi connectivity index (χ3n) is 11.8. The van der Waals surface area contributed by atoms with Crippen molar-refractivity contribution in [2.75, 3.05) is 14.1 Å². The van der Waals surface area contributed by atoms with Crippen LogP contribution in [0.3, 0.4) is 0 Å². The Hall–Kier alpha value is -4.27. The van der Waals surface area contributed by atoms with Gasteiger partial charge in [-0.15, -0.1) is 0 Å². The Morgan fingerprint density at radius 3 is 1.25 bits per heavy atom. The molecule has 9 heteroatoms. The molecule has 57 heavy (non-hydrogen) atoms. The number of aromatic hydroxyl groups is 2. The molecule has 0 bridgehead atoms. The second-order valence-corrected chi connectivity index (χ2v) is 18.3. The Bertz CT molecular complexity index is 2440. The molecule has 2 unspecified atom stereocenters. The molecule has 290 valence electrons. The fraction of sp³-hybridized carbons (Fsp3) is 0.250. The minimum absolute atomic E-state index is 0.238. The second kappa shape index (κ2) is 16.9. The predicted molar refractivity (Wildman–Crippen MR) is 235 cm³/mol. The molecule has 2 N–H and O–H groups in total. The van der Waals surface area contributed by atoms with Crippen LogP contribution < -0.4 is 0 Å². The Balaban J connectivity index is 0.00000147. The molecule has 0 aliphatic heterocycles. The molecule has 6 aromatic carbocycles. The molecule has 0 saturated heterocycles. The summed E-state index contributed by atoms with van der Waals surface area (Å²) in [6, 6.07) is 42.9. The fourth-order valence-electron chi connectivity index (χ4n) is 9.46. The van der Waals surface area contributed by atoms with E-state index >= 15 is 0 Å². The van der Waals surface area contributed by atoms with E-state index in [1.165, 1.54) is 28.0 Å². The van der Waals surface area contributed by atoms with Crippen molar-refractivity contribution in [3.63, 3.8) is 0 Å². The molecular formula is C48H48Cl2N4O2Ti. The van der Waals surface area contributed by atoms with E-state index in [9.17, 15) is 10.2 Å². The number of phenolic OH excluding ortho intramolecular Hbond substituents is 2. The number of hydrogen-bond acceptors (Lipinski definition) is 4. The summed E-state index contributed by atoms with van der Waals surface area (Å²) in [5.74, 6) is 0.600. The number of hydrogen-bond donors (Lipinski definition) is 2. The van der Waals surface area contributed by atoms with Gasteiger partial charge in [0.05, 0.1) is 33.4 Å². The standard InChI is InChI=1S/C48H48N4O2.2ClH.Ti/c1-31-25-33(47(53)45(27-31)51-39-19-9-5-15-35(39)36-16-6-10-20-40(36)51)29-50(44-24-14-13-23-43(44)49(3)4)30-34-26-32(2)28-46(48(34)54)52-41-21-11-7-17-37(41)38-18-8-12-22-42(38)52;;;/h5-12,15-22,25-28,43-44,53-54H,13-14,23-24,29-30H2,1-4H3;2*1H;/q;;;+2/p-2. The Kier molecular flexibility index (Phi) is 11.7. The number of aromatic nitrogens is 2. The van der Waals surface area contributed by atoms with Crippen LogP contribution in [0.25, 0.3) is 55.0 Å². The molecule has 9 rings (SSSR count). The van der Waals surface area contributed by atoms with Gasteiger partial charge in [0, 0.05) is 57.8 Å². The van der Waals surface area contributed by atoms with Gasteiger partial charge in [-0.25, -0.2) is 0 Å². The van der Waals surface area contributed by atoms with Gasteiger partial charge in [-0.05, 0) is 88.3 Å². The molecule has 1 aliphatic rings. The number of para-hydroxylation sites is 4. The molecular weight excluding hydrogens is 783 g/mol. The number of halogens is 2. The summed E-state index contributed by atoms with van der Waals surface area (Å²) < 4.78 is 4.43. The van der Waals surface area contributed by atoms with Crippen LogP contribution in [0.5, 0.6) is 11.5 Å². The zero-order valence-corrected chi connectivity index (χ0v) is 36.0. The first kappa shape index (κ1) is 39.6. The van der Waals surface area contributed by atoms with E-state index in [0.29, 0.717) is 30.6 Å². The number of nitrogens with zero attached hydrogens (tertiary/aromatic N) is 4. The number of fused-ring (bicyclic) bond motifs is 6. The molecule has 0 spiro atoms. The number of phenols is 2. The SMILES string of the molecule is Cc1cc(CN(Cc2cc(C)cc(-n3c4ccccc4c4ccccc43)c2O)C2CCCCC2N(C)C)c(O)c(-n2c3ccccc3c3ccccc32)c1.[Cl][Ti][Cl]. The third kappa shape index (κ3) is 7.49. The molecule has 8 aromatic rings. The summed E-state index contributed by atoms with van der Waals surface area (Å²) in [7, 11) is 14.2. The molecule has 1 aliphatic carbocycles. The summed E-state index contributed by atoms with van der Waals surface area (Å²) in [6.45, 7) is 5.34. The molecule has 0 amide bonds. The molecule has 6 nitrogen and oxygen atoms in total. The van der Waals surface area contributed by atoms with Crippen LogP contribution >= 0.6 is 18.6 Å². The van der Waals surface area contributed by atoms with Crippen LogP contribution in [-0.4, -0.2) is 55.3 Å². The van der Waals surface area contributed by atoms with Gasteiger partial charge in [0.1, 0.15) is 11.5 Å². The summed E-state index contributed by atoms with van der Waals surface area (Å²) >= 11 is -0.556. The number of aryl methyl sites for hydroxylation is 2. The van der Waals surface area contributed by atoms with Crippen LogP contribution in [-0.2, 0) is 30.1 Å². The van der Waals surface area contributed by atoms with E-state index < -0.39 is 17.0 Å². The first-order valence-corrected chi connectivity index (χ1v) is 24.0. The number of benzene rings is 6. The van der Waals surface area contributed by atoms with Crippen molar-refractivity contribution < 1.29 is 27.2 Å². The van der Waals surface area contributed by atoms with Crippen LogP contribution in [0.15, 0.2) is 121 Å². The fourth-order valence-corrected chi connectivity index (χ4v) is 9.46. The van der Waals surface area contributed by atoms with E-state index in [1.807, 2.05) is 0 Å². The van der Waals surface area contributed by atoms with Crippen LogP contribution in [0, 0.1) is 13.8 Å². The third-order valence-corrected chi connectivity index (χ3v) is 11.8. The van der Waals surface area contributed by atoms with Gasteiger partial charge in [-0.1, -0.05) is 97.8 Å². The van der Waals surface area contributed by atoms with E-state index in [2.05, 4.69) is 168 Å². The normalized spacial score (nSPS) is 15.9. The van der Waals surface area contributed by atoms with Gasteiger partial charge in [0.2, 0.25) is 0 Å². The maximum absolute atomic E-state index is 12.4. The predicted octanol–water partition coefficient (Wildman–Crippen LogP) is 12.2. The summed E-state index contributed by atoms with van der Waals surface area (Å²) in [5.41, 5.74) is 9.86. The van der Waals surface area contributed by atoms with Crippen LogP contribution in [0.2, 0.25) is 0 Å². The van der Waals surface area contributed by atoms with E-state index in [1.54, 1.807) is 0 Å².